The summed E-state index contributed by atoms with van der Waals surface area (Å²) >= 11 is 0. The van der Waals surface area contributed by atoms with E-state index in [-0.39, 0.29) is 0 Å². The summed E-state index contributed by atoms with van der Waals surface area (Å²) in [6.07, 6.45) is 8.43. The lowest BCUT2D eigenvalue weighted by atomic mass is 9.81. The van der Waals surface area contributed by atoms with Crippen molar-refractivity contribution in [3.05, 3.63) is 29.3 Å². The van der Waals surface area contributed by atoms with Crippen molar-refractivity contribution in [2.24, 2.45) is 5.92 Å². The van der Waals surface area contributed by atoms with E-state index < -0.39 is 0 Å². The van der Waals surface area contributed by atoms with Crippen LogP contribution in [0.1, 0.15) is 62.6 Å². The highest BCUT2D eigenvalue weighted by Gasteiger charge is 2.33. The second-order valence-corrected chi connectivity index (χ2v) is 6.44. The molecule has 1 aromatic rings. The van der Waals surface area contributed by atoms with E-state index in [9.17, 15) is 0 Å². The summed E-state index contributed by atoms with van der Waals surface area (Å²) in [6.45, 7) is 5.38. The molecule has 1 saturated carbocycles. The van der Waals surface area contributed by atoms with E-state index in [0.29, 0.717) is 12.1 Å². The second-order valence-electron chi connectivity index (χ2n) is 6.44. The van der Waals surface area contributed by atoms with Crippen molar-refractivity contribution >= 4 is 0 Å². The molecule has 3 rings (SSSR count). The molecule has 2 atom stereocenters. The SMILES string of the molecule is CCNC1CC(C2CCCCC2)Oc2ccc(C)cc21. The molecule has 1 N–H and O–H groups in total. The Labute approximate surface area is 122 Å². The van der Waals surface area contributed by atoms with Gasteiger partial charge in [-0.05, 0) is 38.3 Å². The first-order chi connectivity index (χ1) is 9.78. The van der Waals surface area contributed by atoms with Crippen LogP contribution in [0.4, 0.5) is 0 Å². The number of fused-ring (bicyclic) bond motifs is 1. The molecule has 2 unspecified atom stereocenters. The van der Waals surface area contributed by atoms with Crippen LogP contribution in [0.5, 0.6) is 5.75 Å². The first kappa shape index (κ1) is 13.9. The van der Waals surface area contributed by atoms with E-state index in [1.807, 2.05) is 0 Å². The zero-order valence-electron chi connectivity index (χ0n) is 12.8. The molecule has 1 fully saturated rings. The van der Waals surface area contributed by atoms with E-state index in [0.717, 1.165) is 24.6 Å². The Bertz CT molecular complexity index is 451. The smallest absolute Gasteiger partial charge is 0.124 e. The van der Waals surface area contributed by atoms with Gasteiger partial charge in [0.2, 0.25) is 0 Å². The van der Waals surface area contributed by atoms with E-state index in [1.165, 1.54) is 43.2 Å². The molecule has 0 saturated heterocycles. The Morgan fingerprint density at radius 3 is 2.75 bits per heavy atom. The average Bonchev–Trinajstić information content (AvgIpc) is 2.49. The van der Waals surface area contributed by atoms with Gasteiger partial charge in [0.15, 0.2) is 0 Å². The predicted octanol–water partition coefficient (Wildman–Crippen LogP) is 4.38. The number of benzene rings is 1. The lowest BCUT2D eigenvalue weighted by molar-refractivity contribution is 0.0731. The molecule has 110 valence electrons. The molecule has 2 aliphatic rings. The molecule has 0 amide bonds. The molecule has 20 heavy (non-hydrogen) atoms. The van der Waals surface area contributed by atoms with Crippen molar-refractivity contribution < 1.29 is 4.74 Å². The zero-order chi connectivity index (χ0) is 13.9. The Morgan fingerprint density at radius 2 is 2.00 bits per heavy atom. The molecular weight excluding hydrogens is 246 g/mol. The van der Waals surface area contributed by atoms with Crippen LogP contribution in [-0.2, 0) is 0 Å². The molecule has 1 aliphatic heterocycles. The van der Waals surface area contributed by atoms with Crippen molar-refractivity contribution in [2.75, 3.05) is 6.54 Å². The summed E-state index contributed by atoms with van der Waals surface area (Å²) in [7, 11) is 0. The van der Waals surface area contributed by atoms with Crippen LogP contribution in [0, 0.1) is 12.8 Å². The fraction of sp³-hybridized carbons (Fsp3) is 0.667. The van der Waals surface area contributed by atoms with Crippen LogP contribution in [0.3, 0.4) is 0 Å². The van der Waals surface area contributed by atoms with Gasteiger partial charge < -0.3 is 10.1 Å². The molecule has 2 nitrogen and oxygen atoms in total. The topological polar surface area (TPSA) is 21.3 Å². The van der Waals surface area contributed by atoms with E-state index in [4.69, 9.17) is 4.74 Å². The van der Waals surface area contributed by atoms with Crippen molar-refractivity contribution in [1.82, 2.24) is 5.32 Å². The first-order valence-corrected chi connectivity index (χ1v) is 8.28. The predicted molar refractivity (Wildman–Crippen MR) is 83.2 cm³/mol. The maximum atomic E-state index is 6.36. The van der Waals surface area contributed by atoms with Crippen LogP contribution in [0.15, 0.2) is 18.2 Å². The maximum absolute atomic E-state index is 6.36. The number of nitrogens with one attached hydrogen (secondary N) is 1. The summed E-state index contributed by atoms with van der Waals surface area (Å²) in [5.41, 5.74) is 2.69. The monoisotopic (exact) mass is 273 g/mol. The van der Waals surface area contributed by atoms with E-state index in [1.54, 1.807) is 0 Å². The summed E-state index contributed by atoms with van der Waals surface area (Å²) in [5.74, 6) is 1.88. The molecule has 1 heterocycles. The lowest BCUT2D eigenvalue weighted by Gasteiger charge is -2.38. The minimum absolute atomic E-state index is 0.412. The largest absolute Gasteiger partial charge is 0.490 e. The van der Waals surface area contributed by atoms with Gasteiger partial charge in [-0.25, -0.2) is 0 Å². The molecule has 0 radical (unpaired) electrons. The van der Waals surface area contributed by atoms with Crippen molar-refractivity contribution in [2.45, 2.75) is 64.5 Å². The quantitative estimate of drug-likeness (QED) is 0.882. The van der Waals surface area contributed by atoms with Gasteiger partial charge in [0.05, 0.1) is 0 Å². The van der Waals surface area contributed by atoms with Gasteiger partial charge in [-0.2, -0.15) is 0 Å². The number of hydrogen-bond acceptors (Lipinski definition) is 2. The van der Waals surface area contributed by atoms with Gasteiger partial charge in [-0.3, -0.25) is 0 Å². The van der Waals surface area contributed by atoms with Crippen molar-refractivity contribution in [3.8, 4) is 5.75 Å². The Balaban J connectivity index is 1.82. The van der Waals surface area contributed by atoms with Crippen LogP contribution < -0.4 is 10.1 Å². The standard InChI is InChI=1S/C18H27NO/c1-3-19-16-12-18(14-7-5-4-6-8-14)20-17-10-9-13(2)11-15(16)17/h9-11,14,16,18-19H,3-8,12H2,1-2H3. The first-order valence-electron chi connectivity index (χ1n) is 8.28. The second kappa shape index (κ2) is 6.17. The van der Waals surface area contributed by atoms with Gasteiger partial charge >= 0.3 is 0 Å². The minimum atomic E-state index is 0.412. The normalized spacial score (nSPS) is 26.9. The number of ether oxygens (including phenoxy) is 1. The zero-order valence-corrected chi connectivity index (χ0v) is 12.8. The van der Waals surface area contributed by atoms with Crippen molar-refractivity contribution in [3.63, 3.8) is 0 Å². The third kappa shape index (κ3) is 2.85. The third-order valence-corrected chi connectivity index (χ3v) is 4.91. The minimum Gasteiger partial charge on any atom is -0.490 e. The highest BCUT2D eigenvalue weighted by Crippen LogP contribution is 2.40. The van der Waals surface area contributed by atoms with Crippen LogP contribution in [0.25, 0.3) is 0 Å². The summed E-state index contributed by atoms with van der Waals surface area (Å²) in [6, 6.07) is 7.10. The lowest BCUT2D eigenvalue weighted by Crippen LogP contribution is -2.38. The Morgan fingerprint density at radius 1 is 1.20 bits per heavy atom. The van der Waals surface area contributed by atoms with Gasteiger partial charge in [-0.15, -0.1) is 0 Å². The summed E-state index contributed by atoms with van der Waals surface area (Å²) < 4.78 is 6.36. The van der Waals surface area contributed by atoms with Gasteiger partial charge in [0.25, 0.3) is 0 Å². The third-order valence-electron chi connectivity index (χ3n) is 4.91. The highest BCUT2D eigenvalue weighted by molar-refractivity contribution is 5.41. The Kier molecular flexibility index (Phi) is 4.30. The van der Waals surface area contributed by atoms with Gasteiger partial charge in [0, 0.05) is 18.0 Å². The van der Waals surface area contributed by atoms with E-state index in [2.05, 4.69) is 37.4 Å². The summed E-state index contributed by atoms with van der Waals surface area (Å²) in [5, 5.41) is 3.66. The molecule has 0 bridgehead atoms. The Hall–Kier alpha value is -1.02. The summed E-state index contributed by atoms with van der Waals surface area (Å²) in [4.78, 5) is 0. The number of aryl methyl sites for hydroxylation is 1. The van der Waals surface area contributed by atoms with Crippen molar-refractivity contribution in [1.29, 1.82) is 0 Å². The molecule has 1 aromatic carbocycles. The van der Waals surface area contributed by atoms with Gasteiger partial charge in [-0.1, -0.05) is 43.9 Å². The molecule has 2 heteroatoms. The highest BCUT2D eigenvalue weighted by atomic mass is 16.5. The molecule has 0 aromatic heterocycles. The average molecular weight is 273 g/mol. The number of hydrogen-bond donors (Lipinski definition) is 1. The maximum Gasteiger partial charge on any atom is 0.124 e. The fourth-order valence-electron chi connectivity index (χ4n) is 3.85. The molecule has 0 spiro atoms. The molecular formula is C18H27NO. The van der Waals surface area contributed by atoms with Crippen LogP contribution >= 0.6 is 0 Å². The van der Waals surface area contributed by atoms with Crippen LogP contribution in [-0.4, -0.2) is 12.6 Å². The molecule has 1 aliphatic carbocycles. The number of rotatable bonds is 3. The van der Waals surface area contributed by atoms with Gasteiger partial charge in [0.1, 0.15) is 11.9 Å². The fourth-order valence-corrected chi connectivity index (χ4v) is 3.85. The van der Waals surface area contributed by atoms with Crippen LogP contribution in [0.2, 0.25) is 0 Å². The van der Waals surface area contributed by atoms with E-state index >= 15 is 0 Å².